The number of β-amino-alcohol motifs (C(OH)–C–C–N with tert-alkyl or cyclic N) is 1. The summed E-state index contributed by atoms with van der Waals surface area (Å²) in [6.07, 6.45) is -0.0438. The van der Waals surface area contributed by atoms with Crippen molar-refractivity contribution in [3.05, 3.63) is 59.7 Å². The molecule has 0 spiro atoms. The molecule has 0 aliphatic carbocycles. The van der Waals surface area contributed by atoms with Crippen LogP contribution in [0.4, 0.5) is 5.69 Å². The van der Waals surface area contributed by atoms with Crippen LogP contribution < -0.4 is 9.64 Å². The van der Waals surface area contributed by atoms with E-state index in [9.17, 15) is 9.90 Å². The average molecular weight is 383 g/mol. The van der Waals surface area contributed by atoms with Crippen molar-refractivity contribution in [1.29, 1.82) is 0 Å². The first-order chi connectivity index (χ1) is 13.6. The maximum atomic E-state index is 11.7. The number of para-hydroxylation sites is 1. The van der Waals surface area contributed by atoms with Crippen LogP contribution in [0.2, 0.25) is 0 Å². The number of ketones is 1. The van der Waals surface area contributed by atoms with Crippen molar-refractivity contribution >= 4 is 11.5 Å². The van der Waals surface area contributed by atoms with Gasteiger partial charge in [0.1, 0.15) is 18.5 Å². The summed E-state index contributed by atoms with van der Waals surface area (Å²) in [6.45, 7) is 8.64. The van der Waals surface area contributed by atoms with Gasteiger partial charge in [0.2, 0.25) is 0 Å². The van der Waals surface area contributed by atoms with E-state index in [0.717, 1.165) is 26.2 Å². The van der Waals surface area contributed by atoms with Crippen LogP contribution in [-0.4, -0.2) is 61.2 Å². The molecule has 1 atom stereocenters. The number of ether oxygens (including phenoxy) is 1. The molecule has 0 radical (unpaired) electrons. The van der Waals surface area contributed by atoms with E-state index in [1.807, 2.05) is 6.92 Å². The molecule has 0 bridgehead atoms. The summed E-state index contributed by atoms with van der Waals surface area (Å²) in [7, 11) is 0. The van der Waals surface area contributed by atoms with E-state index >= 15 is 0 Å². The number of anilines is 1. The molecule has 1 heterocycles. The molecule has 1 saturated heterocycles. The maximum absolute atomic E-state index is 11.7. The molecule has 5 nitrogen and oxygen atoms in total. The Kier molecular flexibility index (Phi) is 7.06. The Hall–Kier alpha value is -2.37. The number of aliphatic hydroxyl groups excluding tert-OH is 1. The number of nitrogens with zero attached hydrogens (tertiary/aromatic N) is 2. The van der Waals surface area contributed by atoms with Crippen molar-refractivity contribution in [2.24, 2.45) is 0 Å². The standard InChI is InChI=1S/C23H30N2O3/c1-3-23(27)19-8-10-21(11-9-19)28-17-20(26)16-24-12-14-25(15-13-24)22-7-5-4-6-18(22)2/h4-11,20,26H,3,12-17H2,1-2H3. The van der Waals surface area contributed by atoms with E-state index in [0.29, 0.717) is 24.3 Å². The van der Waals surface area contributed by atoms with Crippen molar-refractivity contribution < 1.29 is 14.6 Å². The van der Waals surface area contributed by atoms with Crippen molar-refractivity contribution in [1.82, 2.24) is 4.90 Å². The maximum Gasteiger partial charge on any atom is 0.162 e. The highest BCUT2D eigenvalue weighted by Gasteiger charge is 2.20. The van der Waals surface area contributed by atoms with Gasteiger partial charge in [0.05, 0.1) is 0 Å². The Morgan fingerprint density at radius 3 is 2.39 bits per heavy atom. The predicted octanol–water partition coefficient (Wildman–Crippen LogP) is 3.15. The van der Waals surface area contributed by atoms with Crippen LogP contribution in [0.5, 0.6) is 5.75 Å². The lowest BCUT2D eigenvalue weighted by molar-refractivity contribution is 0.0663. The molecular formula is C23H30N2O3. The van der Waals surface area contributed by atoms with Crippen LogP contribution in [0.3, 0.4) is 0 Å². The number of aryl methyl sites for hydroxylation is 1. The lowest BCUT2D eigenvalue weighted by Crippen LogP contribution is -2.49. The van der Waals surface area contributed by atoms with E-state index in [1.165, 1.54) is 11.3 Å². The summed E-state index contributed by atoms with van der Waals surface area (Å²) in [5.41, 5.74) is 3.30. The summed E-state index contributed by atoms with van der Waals surface area (Å²) in [5, 5.41) is 10.3. The fraction of sp³-hybridized carbons (Fsp3) is 0.435. The zero-order valence-electron chi connectivity index (χ0n) is 16.8. The van der Waals surface area contributed by atoms with Crippen LogP contribution in [0.15, 0.2) is 48.5 Å². The summed E-state index contributed by atoms with van der Waals surface area (Å²) in [6, 6.07) is 15.6. The van der Waals surface area contributed by atoms with Gasteiger partial charge >= 0.3 is 0 Å². The van der Waals surface area contributed by atoms with Gasteiger partial charge in [0.15, 0.2) is 5.78 Å². The molecule has 0 amide bonds. The molecule has 0 aromatic heterocycles. The third kappa shape index (κ3) is 5.33. The second-order valence-corrected chi connectivity index (χ2v) is 7.34. The molecular weight excluding hydrogens is 352 g/mol. The number of carbonyl (C=O) groups is 1. The molecule has 150 valence electrons. The first kappa shape index (κ1) is 20.4. The summed E-state index contributed by atoms with van der Waals surface area (Å²) >= 11 is 0. The molecule has 0 saturated carbocycles. The Morgan fingerprint density at radius 2 is 1.75 bits per heavy atom. The molecule has 1 aliphatic rings. The zero-order valence-corrected chi connectivity index (χ0v) is 16.8. The molecule has 2 aromatic carbocycles. The molecule has 1 unspecified atom stereocenters. The molecule has 1 aliphatic heterocycles. The van der Waals surface area contributed by atoms with E-state index in [4.69, 9.17) is 4.74 Å². The number of rotatable bonds is 8. The van der Waals surface area contributed by atoms with Gasteiger partial charge in [0, 0.05) is 50.4 Å². The minimum Gasteiger partial charge on any atom is -0.491 e. The van der Waals surface area contributed by atoms with Crippen molar-refractivity contribution in [2.75, 3.05) is 44.2 Å². The predicted molar refractivity (Wildman–Crippen MR) is 112 cm³/mol. The normalized spacial score (nSPS) is 16.0. The molecule has 1 fully saturated rings. The van der Waals surface area contributed by atoms with E-state index in [-0.39, 0.29) is 12.4 Å². The Bertz CT molecular complexity index is 768. The summed E-state index contributed by atoms with van der Waals surface area (Å²) in [4.78, 5) is 16.3. The van der Waals surface area contributed by atoms with Gasteiger partial charge in [-0.2, -0.15) is 0 Å². The van der Waals surface area contributed by atoms with E-state index < -0.39 is 6.10 Å². The number of Topliss-reactive ketones (excluding diaryl/α,β-unsaturated/α-hetero) is 1. The van der Waals surface area contributed by atoms with Crippen LogP contribution >= 0.6 is 0 Å². The van der Waals surface area contributed by atoms with Crippen molar-refractivity contribution in [2.45, 2.75) is 26.4 Å². The molecule has 2 aromatic rings. The molecule has 3 rings (SSSR count). The topological polar surface area (TPSA) is 53.0 Å². The zero-order chi connectivity index (χ0) is 19.9. The molecule has 5 heteroatoms. The molecule has 1 N–H and O–H groups in total. The fourth-order valence-corrected chi connectivity index (χ4v) is 3.57. The van der Waals surface area contributed by atoms with Crippen molar-refractivity contribution in [3.63, 3.8) is 0 Å². The second-order valence-electron chi connectivity index (χ2n) is 7.34. The van der Waals surface area contributed by atoms with Gasteiger partial charge in [-0.1, -0.05) is 25.1 Å². The monoisotopic (exact) mass is 382 g/mol. The highest BCUT2D eigenvalue weighted by molar-refractivity contribution is 5.95. The van der Waals surface area contributed by atoms with Gasteiger partial charge in [-0.25, -0.2) is 0 Å². The number of carbonyl (C=O) groups excluding carboxylic acids is 1. The highest BCUT2D eigenvalue weighted by Crippen LogP contribution is 2.21. The molecule has 28 heavy (non-hydrogen) atoms. The Balaban J connectivity index is 1.41. The van der Waals surface area contributed by atoms with Gasteiger partial charge in [0.25, 0.3) is 0 Å². The van der Waals surface area contributed by atoms with Crippen LogP contribution in [0, 0.1) is 6.92 Å². The average Bonchev–Trinajstić information content (AvgIpc) is 2.73. The van der Waals surface area contributed by atoms with E-state index in [2.05, 4.69) is 41.0 Å². The minimum atomic E-state index is -0.540. The van der Waals surface area contributed by atoms with Crippen LogP contribution in [-0.2, 0) is 0 Å². The fourth-order valence-electron chi connectivity index (χ4n) is 3.57. The first-order valence-electron chi connectivity index (χ1n) is 10.0. The SMILES string of the molecule is CCC(=O)c1ccc(OCC(O)CN2CCN(c3ccccc3C)CC2)cc1. The summed E-state index contributed by atoms with van der Waals surface area (Å²) < 4.78 is 5.69. The number of aliphatic hydroxyl groups is 1. The van der Waals surface area contributed by atoms with Gasteiger partial charge in [-0.3, -0.25) is 9.69 Å². The van der Waals surface area contributed by atoms with Crippen molar-refractivity contribution in [3.8, 4) is 5.75 Å². The van der Waals surface area contributed by atoms with E-state index in [1.54, 1.807) is 24.3 Å². The van der Waals surface area contributed by atoms with Gasteiger partial charge in [-0.05, 0) is 42.8 Å². The first-order valence-corrected chi connectivity index (χ1v) is 10.0. The lowest BCUT2D eigenvalue weighted by Gasteiger charge is -2.37. The minimum absolute atomic E-state index is 0.122. The van der Waals surface area contributed by atoms with Crippen LogP contribution in [0.1, 0.15) is 29.3 Å². The largest absolute Gasteiger partial charge is 0.491 e. The third-order valence-corrected chi connectivity index (χ3v) is 5.24. The second kappa shape index (κ2) is 9.71. The third-order valence-electron chi connectivity index (χ3n) is 5.24. The Morgan fingerprint density at radius 1 is 1.07 bits per heavy atom. The highest BCUT2D eigenvalue weighted by atomic mass is 16.5. The smallest absolute Gasteiger partial charge is 0.162 e. The summed E-state index contributed by atoms with van der Waals surface area (Å²) in [5.74, 6) is 0.799. The van der Waals surface area contributed by atoms with Crippen LogP contribution in [0.25, 0.3) is 0 Å². The number of piperazine rings is 1. The number of benzene rings is 2. The van der Waals surface area contributed by atoms with Gasteiger partial charge in [-0.15, -0.1) is 0 Å². The Labute approximate surface area is 167 Å². The number of hydrogen-bond acceptors (Lipinski definition) is 5. The lowest BCUT2D eigenvalue weighted by atomic mass is 10.1. The quantitative estimate of drug-likeness (QED) is 0.711. The van der Waals surface area contributed by atoms with Gasteiger partial charge < -0.3 is 14.7 Å². The number of hydrogen-bond donors (Lipinski definition) is 1.